The maximum absolute atomic E-state index is 11.7. The first kappa shape index (κ1) is 20.2. The molecule has 0 amide bonds. The second-order valence-electron chi connectivity index (χ2n) is 5.52. The average molecular weight is 374 g/mol. The van der Waals surface area contributed by atoms with E-state index < -0.39 is 43.3 Å². The maximum atomic E-state index is 11.7. The third kappa shape index (κ3) is 3.84. The van der Waals surface area contributed by atoms with Crippen molar-refractivity contribution < 1.29 is 48.9 Å². The van der Waals surface area contributed by atoms with E-state index in [1.165, 1.54) is 33.5 Å². The van der Waals surface area contributed by atoms with Crippen molar-refractivity contribution >= 4 is 5.97 Å². The predicted molar refractivity (Wildman–Crippen MR) is 85.3 cm³/mol. The van der Waals surface area contributed by atoms with Crippen LogP contribution in [0.4, 0.5) is 0 Å². The van der Waals surface area contributed by atoms with Crippen LogP contribution < -0.4 is 14.2 Å². The highest BCUT2D eigenvalue weighted by molar-refractivity contribution is 5.91. The van der Waals surface area contributed by atoms with Crippen molar-refractivity contribution in [3.63, 3.8) is 0 Å². The molecule has 4 N–H and O–H groups in total. The van der Waals surface area contributed by atoms with Crippen molar-refractivity contribution in [2.24, 2.45) is 0 Å². The van der Waals surface area contributed by atoms with Gasteiger partial charge >= 0.3 is 5.97 Å². The van der Waals surface area contributed by atoms with Gasteiger partial charge in [0.05, 0.1) is 33.5 Å². The number of hydrogen-bond donors (Lipinski definition) is 4. The van der Waals surface area contributed by atoms with Gasteiger partial charge < -0.3 is 44.1 Å². The van der Waals surface area contributed by atoms with Crippen LogP contribution >= 0.6 is 0 Å². The van der Waals surface area contributed by atoms with Crippen LogP contribution in [0.2, 0.25) is 0 Å². The van der Waals surface area contributed by atoms with Gasteiger partial charge in [-0.05, 0) is 12.1 Å². The number of carbonyl (C=O) groups excluding carboxylic acids is 1. The molecular formula is C16H22O10. The van der Waals surface area contributed by atoms with Crippen LogP contribution in [-0.2, 0) is 9.47 Å². The molecule has 1 aliphatic rings. The molecule has 1 aromatic rings. The SMILES string of the molecule is COC(=O)c1cc(OC)c(OC2O[C@H](CO)[C@@H](O)[C@H](O)[C@H]2O)c(OC)c1. The zero-order valence-corrected chi connectivity index (χ0v) is 14.5. The van der Waals surface area contributed by atoms with E-state index in [9.17, 15) is 25.2 Å². The summed E-state index contributed by atoms with van der Waals surface area (Å²) in [7, 11) is 3.88. The molecule has 0 aromatic heterocycles. The van der Waals surface area contributed by atoms with E-state index in [1.54, 1.807) is 0 Å². The molecule has 1 aromatic carbocycles. The standard InChI is InChI=1S/C16H22O10/c1-22-8-4-7(15(21)24-3)5-9(23-2)14(8)26-16-13(20)12(19)11(18)10(6-17)25-16/h4-5,10-13,16-20H,6H2,1-3H3/t10-,11-,12+,13-,16?/m1/s1. The van der Waals surface area contributed by atoms with Crippen molar-refractivity contribution in [1.29, 1.82) is 0 Å². The zero-order chi connectivity index (χ0) is 19.4. The van der Waals surface area contributed by atoms with E-state index >= 15 is 0 Å². The average Bonchev–Trinajstić information content (AvgIpc) is 2.67. The Hall–Kier alpha value is -2.11. The van der Waals surface area contributed by atoms with Gasteiger partial charge in [0.2, 0.25) is 12.0 Å². The minimum Gasteiger partial charge on any atom is -0.493 e. The molecule has 0 radical (unpaired) electrons. The van der Waals surface area contributed by atoms with Crippen molar-refractivity contribution in [1.82, 2.24) is 0 Å². The third-order valence-corrected chi connectivity index (χ3v) is 3.96. The lowest BCUT2D eigenvalue weighted by Gasteiger charge is -2.39. The van der Waals surface area contributed by atoms with E-state index in [0.29, 0.717) is 0 Å². The van der Waals surface area contributed by atoms with Gasteiger partial charge in [0, 0.05) is 0 Å². The van der Waals surface area contributed by atoms with E-state index in [0.717, 1.165) is 0 Å². The van der Waals surface area contributed by atoms with Gasteiger partial charge in [0.1, 0.15) is 24.4 Å². The molecule has 0 saturated carbocycles. The summed E-state index contributed by atoms with van der Waals surface area (Å²) >= 11 is 0. The van der Waals surface area contributed by atoms with Gasteiger partial charge in [-0.25, -0.2) is 4.79 Å². The van der Waals surface area contributed by atoms with Crippen LogP contribution in [0.1, 0.15) is 10.4 Å². The minimum absolute atomic E-state index is 0.00742. The number of methoxy groups -OCH3 is 3. The first-order valence-electron chi connectivity index (χ1n) is 7.69. The van der Waals surface area contributed by atoms with Gasteiger partial charge in [0.25, 0.3) is 0 Å². The monoisotopic (exact) mass is 374 g/mol. The Bertz CT molecular complexity index is 606. The molecule has 1 unspecified atom stereocenters. The van der Waals surface area contributed by atoms with Crippen LogP contribution in [0.5, 0.6) is 17.2 Å². The summed E-state index contributed by atoms with van der Waals surface area (Å²) in [5.74, 6) is -0.462. The fourth-order valence-corrected chi connectivity index (χ4v) is 2.51. The summed E-state index contributed by atoms with van der Waals surface area (Å²) in [5.41, 5.74) is 0.141. The number of benzene rings is 1. The number of ether oxygens (including phenoxy) is 5. The van der Waals surface area contributed by atoms with E-state index in [1.807, 2.05) is 0 Å². The van der Waals surface area contributed by atoms with E-state index in [4.69, 9.17) is 18.9 Å². The Labute approximate surface area is 149 Å². The molecule has 10 heteroatoms. The molecule has 26 heavy (non-hydrogen) atoms. The van der Waals surface area contributed by atoms with Crippen LogP contribution in [-0.4, -0.2) is 85.0 Å². The number of aliphatic hydroxyl groups is 4. The summed E-state index contributed by atoms with van der Waals surface area (Å²) in [5, 5.41) is 39.0. The van der Waals surface area contributed by atoms with E-state index in [2.05, 4.69) is 4.74 Å². The summed E-state index contributed by atoms with van der Waals surface area (Å²) in [4.78, 5) is 11.7. The lowest BCUT2D eigenvalue weighted by atomic mass is 9.99. The van der Waals surface area contributed by atoms with Crippen LogP contribution in [0, 0.1) is 0 Å². The number of hydrogen-bond acceptors (Lipinski definition) is 10. The molecule has 0 bridgehead atoms. The first-order chi connectivity index (χ1) is 12.4. The number of aliphatic hydroxyl groups excluding tert-OH is 4. The Kier molecular flexibility index (Phi) is 6.62. The Balaban J connectivity index is 2.37. The molecule has 1 aliphatic heterocycles. The summed E-state index contributed by atoms with van der Waals surface area (Å²) in [6.45, 7) is -0.597. The molecule has 2 rings (SSSR count). The molecule has 10 nitrogen and oxygen atoms in total. The zero-order valence-electron chi connectivity index (χ0n) is 14.5. The topological polar surface area (TPSA) is 144 Å². The minimum atomic E-state index is -1.61. The number of carbonyl (C=O) groups is 1. The lowest BCUT2D eigenvalue weighted by Crippen LogP contribution is -2.60. The molecule has 1 fully saturated rings. The predicted octanol–water partition coefficient (Wildman–Crippen LogP) is -1.33. The number of esters is 1. The van der Waals surface area contributed by atoms with Gasteiger partial charge in [0.15, 0.2) is 11.5 Å². The Morgan fingerprint density at radius 3 is 2.08 bits per heavy atom. The fraction of sp³-hybridized carbons (Fsp3) is 0.562. The van der Waals surface area contributed by atoms with Gasteiger partial charge in [-0.1, -0.05) is 0 Å². The van der Waals surface area contributed by atoms with Crippen molar-refractivity contribution in [3.8, 4) is 17.2 Å². The fourth-order valence-electron chi connectivity index (χ4n) is 2.51. The van der Waals surface area contributed by atoms with Gasteiger partial charge in [-0.15, -0.1) is 0 Å². The van der Waals surface area contributed by atoms with Crippen LogP contribution in [0.15, 0.2) is 12.1 Å². The highest BCUT2D eigenvalue weighted by Gasteiger charge is 2.45. The van der Waals surface area contributed by atoms with Gasteiger partial charge in [-0.3, -0.25) is 0 Å². The third-order valence-electron chi connectivity index (χ3n) is 3.96. The van der Waals surface area contributed by atoms with Crippen molar-refractivity contribution in [2.75, 3.05) is 27.9 Å². The van der Waals surface area contributed by atoms with Crippen LogP contribution in [0.3, 0.4) is 0 Å². The van der Waals surface area contributed by atoms with Crippen LogP contribution in [0.25, 0.3) is 0 Å². The Morgan fingerprint density at radius 1 is 1.04 bits per heavy atom. The lowest BCUT2D eigenvalue weighted by molar-refractivity contribution is -0.277. The summed E-state index contributed by atoms with van der Waals surface area (Å²) < 4.78 is 25.9. The van der Waals surface area contributed by atoms with Crippen molar-refractivity contribution in [3.05, 3.63) is 17.7 Å². The smallest absolute Gasteiger partial charge is 0.338 e. The molecule has 5 atom stereocenters. The number of rotatable bonds is 6. The molecule has 146 valence electrons. The Morgan fingerprint density at radius 2 is 1.62 bits per heavy atom. The first-order valence-corrected chi connectivity index (χ1v) is 7.69. The molecule has 1 saturated heterocycles. The van der Waals surface area contributed by atoms with E-state index in [-0.39, 0.29) is 22.8 Å². The normalized spacial score (nSPS) is 28.3. The second-order valence-corrected chi connectivity index (χ2v) is 5.52. The summed E-state index contributed by atoms with van der Waals surface area (Å²) in [6, 6.07) is 2.68. The molecule has 1 heterocycles. The van der Waals surface area contributed by atoms with Crippen molar-refractivity contribution in [2.45, 2.75) is 30.7 Å². The maximum Gasteiger partial charge on any atom is 0.338 e. The quantitative estimate of drug-likeness (QED) is 0.442. The summed E-state index contributed by atoms with van der Waals surface area (Å²) in [6.07, 6.45) is -7.29. The largest absolute Gasteiger partial charge is 0.493 e. The highest BCUT2D eigenvalue weighted by atomic mass is 16.7. The second kappa shape index (κ2) is 8.52. The molecular weight excluding hydrogens is 352 g/mol. The highest BCUT2D eigenvalue weighted by Crippen LogP contribution is 2.40. The molecule has 0 spiro atoms. The molecule has 0 aliphatic carbocycles. The van der Waals surface area contributed by atoms with Gasteiger partial charge in [-0.2, -0.15) is 0 Å².